The molecule has 0 aromatic heterocycles. The summed E-state index contributed by atoms with van der Waals surface area (Å²) in [6.45, 7) is 6.28. The zero-order valence-corrected chi connectivity index (χ0v) is 48.0. The highest BCUT2D eigenvalue weighted by Crippen LogP contribution is 2.13. The van der Waals surface area contributed by atoms with Crippen LogP contribution in [0.25, 0.3) is 0 Å². The predicted molar refractivity (Wildman–Crippen MR) is 325 cm³/mol. The molecule has 0 fully saturated rings. The lowest BCUT2D eigenvalue weighted by molar-refractivity contribution is -0.167. The molecule has 1 atom stereocenters. The molecule has 0 rings (SSSR count). The minimum atomic E-state index is -0.801. The highest BCUT2D eigenvalue weighted by Gasteiger charge is 2.19. The summed E-state index contributed by atoms with van der Waals surface area (Å²) in [5, 5.41) is 0. The summed E-state index contributed by atoms with van der Waals surface area (Å²) in [7, 11) is 0. The van der Waals surface area contributed by atoms with Crippen molar-refractivity contribution in [1.29, 1.82) is 0 Å². The van der Waals surface area contributed by atoms with E-state index in [2.05, 4.69) is 179 Å². The third kappa shape index (κ3) is 59.8. The Hall–Kier alpha value is -4.97. The highest BCUT2D eigenvalue weighted by molar-refractivity contribution is 5.71. The topological polar surface area (TPSA) is 78.9 Å². The largest absolute Gasteiger partial charge is 0.462 e. The maximum absolute atomic E-state index is 12.8. The van der Waals surface area contributed by atoms with E-state index in [-0.39, 0.29) is 37.5 Å². The zero-order chi connectivity index (χ0) is 54.3. The summed E-state index contributed by atoms with van der Waals surface area (Å²) in [4.78, 5) is 37.9. The van der Waals surface area contributed by atoms with Crippen molar-refractivity contribution in [3.05, 3.63) is 158 Å². The van der Waals surface area contributed by atoms with Crippen LogP contribution in [0, 0.1) is 0 Å². The van der Waals surface area contributed by atoms with Crippen LogP contribution in [0.5, 0.6) is 0 Å². The number of hydrogen-bond acceptors (Lipinski definition) is 6. The van der Waals surface area contributed by atoms with Gasteiger partial charge < -0.3 is 14.2 Å². The number of hydrogen-bond donors (Lipinski definition) is 0. The molecule has 0 aromatic carbocycles. The Morgan fingerprint density at radius 1 is 0.280 bits per heavy atom. The van der Waals surface area contributed by atoms with Crippen molar-refractivity contribution in [3.8, 4) is 0 Å². The Morgan fingerprint density at radius 2 is 0.520 bits per heavy atom. The molecule has 0 saturated heterocycles. The SMILES string of the molecule is CC/C=C\C/C=C\C/C=C\C/C=C\C/C=C\C/C=C\C/C=C\CCCCCCCCCC(=O)OCC(COC(=O)CCCCCCC)OC(=O)CCCCCC/C=C\C/C=C\C/C=C\C/C=C\C/C=C\C/C=C\CC. The van der Waals surface area contributed by atoms with Gasteiger partial charge in [-0.1, -0.05) is 249 Å². The molecule has 0 spiro atoms. The molecule has 6 nitrogen and oxygen atoms in total. The summed E-state index contributed by atoms with van der Waals surface area (Å²) in [5.74, 6) is -0.958. The fourth-order valence-electron chi connectivity index (χ4n) is 7.60. The van der Waals surface area contributed by atoms with Crippen molar-refractivity contribution in [1.82, 2.24) is 0 Å². The molecule has 0 N–H and O–H groups in total. The lowest BCUT2D eigenvalue weighted by atomic mass is 10.1. The number of ether oxygens (including phenoxy) is 3. The minimum Gasteiger partial charge on any atom is -0.462 e. The second kappa shape index (κ2) is 61.6. The van der Waals surface area contributed by atoms with Crippen LogP contribution in [0.15, 0.2) is 158 Å². The van der Waals surface area contributed by atoms with E-state index in [1.54, 1.807) is 0 Å². The van der Waals surface area contributed by atoms with E-state index in [4.69, 9.17) is 14.2 Å². The van der Waals surface area contributed by atoms with Gasteiger partial charge in [-0.3, -0.25) is 14.4 Å². The lowest BCUT2D eigenvalue weighted by Crippen LogP contribution is -2.30. The third-order valence-electron chi connectivity index (χ3n) is 12.0. The molecule has 75 heavy (non-hydrogen) atoms. The van der Waals surface area contributed by atoms with Gasteiger partial charge in [0.25, 0.3) is 0 Å². The minimum absolute atomic E-state index is 0.0992. The fraction of sp³-hybridized carbons (Fsp3) is 0.580. The van der Waals surface area contributed by atoms with Gasteiger partial charge in [0, 0.05) is 19.3 Å². The summed E-state index contributed by atoms with van der Waals surface area (Å²) < 4.78 is 16.7. The molecule has 0 aliphatic heterocycles. The van der Waals surface area contributed by atoms with E-state index in [1.807, 2.05) is 0 Å². The van der Waals surface area contributed by atoms with Gasteiger partial charge >= 0.3 is 17.9 Å². The van der Waals surface area contributed by atoms with E-state index < -0.39 is 6.10 Å². The molecule has 0 amide bonds. The van der Waals surface area contributed by atoms with Gasteiger partial charge in [-0.2, -0.15) is 0 Å². The van der Waals surface area contributed by atoms with Crippen molar-refractivity contribution >= 4 is 17.9 Å². The molecule has 420 valence electrons. The maximum atomic E-state index is 12.8. The third-order valence-corrected chi connectivity index (χ3v) is 12.0. The van der Waals surface area contributed by atoms with E-state index in [0.29, 0.717) is 12.8 Å². The second-order valence-corrected chi connectivity index (χ2v) is 19.1. The first kappa shape index (κ1) is 70.0. The van der Waals surface area contributed by atoms with Gasteiger partial charge in [0.2, 0.25) is 0 Å². The van der Waals surface area contributed by atoms with Crippen molar-refractivity contribution in [2.75, 3.05) is 13.2 Å². The molecule has 0 saturated carbocycles. The van der Waals surface area contributed by atoms with Gasteiger partial charge in [0.05, 0.1) is 0 Å². The first-order chi connectivity index (χ1) is 37.0. The van der Waals surface area contributed by atoms with Crippen molar-refractivity contribution in [2.24, 2.45) is 0 Å². The lowest BCUT2D eigenvalue weighted by Gasteiger charge is -2.18. The predicted octanol–water partition coefficient (Wildman–Crippen LogP) is 20.5. The van der Waals surface area contributed by atoms with Gasteiger partial charge in [-0.15, -0.1) is 0 Å². The Kier molecular flexibility index (Phi) is 57.5. The van der Waals surface area contributed by atoms with Crippen LogP contribution in [0.4, 0.5) is 0 Å². The van der Waals surface area contributed by atoms with Crippen LogP contribution in [-0.2, 0) is 28.6 Å². The first-order valence-corrected chi connectivity index (χ1v) is 30.0. The van der Waals surface area contributed by atoms with Gasteiger partial charge in [-0.05, 0) is 128 Å². The Morgan fingerprint density at radius 3 is 0.813 bits per heavy atom. The van der Waals surface area contributed by atoms with Crippen LogP contribution in [0.2, 0.25) is 0 Å². The van der Waals surface area contributed by atoms with Crippen molar-refractivity contribution < 1.29 is 28.6 Å². The quantitative estimate of drug-likeness (QED) is 0.0261. The smallest absolute Gasteiger partial charge is 0.306 e. The maximum Gasteiger partial charge on any atom is 0.306 e. The Balaban J connectivity index is 4.20. The first-order valence-electron chi connectivity index (χ1n) is 30.0. The number of carbonyl (C=O) groups is 3. The zero-order valence-electron chi connectivity index (χ0n) is 48.0. The van der Waals surface area contributed by atoms with Crippen LogP contribution in [0.3, 0.4) is 0 Å². The van der Waals surface area contributed by atoms with E-state index in [9.17, 15) is 14.4 Å². The standard InChI is InChI=1S/C69H108O6/c1-4-7-10-13-15-17-19-21-23-25-27-29-31-32-33-34-35-36-38-39-41-43-45-47-49-51-53-56-59-62-68(71)74-65-66(64-73-67(70)61-58-55-12-9-6-3)75-69(72)63-60-57-54-52-50-48-46-44-42-40-37-30-28-26-24-22-20-18-16-14-11-8-5-2/h7-8,10-11,15-18,21-24,27-30,32-33,35-36,39-42,46,48,66H,4-6,9,12-14,19-20,25-26,31,34,37-38,43-45,47,49-65H2,1-3H3/b10-7-,11-8-,17-15-,18-16-,23-21-,24-22-,29-27-,30-28-,33-32-,36-35-,41-39-,42-40-,48-46-. The molecular weight excluding hydrogens is 925 g/mol. The molecular formula is C69H108O6. The molecule has 0 heterocycles. The summed E-state index contributed by atoms with van der Waals surface area (Å²) in [6.07, 6.45) is 89.9. The molecule has 0 bridgehead atoms. The summed E-state index contributed by atoms with van der Waals surface area (Å²) in [6, 6.07) is 0. The van der Waals surface area contributed by atoms with Crippen LogP contribution in [-0.4, -0.2) is 37.2 Å². The average Bonchev–Trinajstić information content (AvgIpc) is 3.41. The molecule has 0 aliphatic carbocycles. The van der Waals surface area contributed by atoms with Crippen LogP contribution >= 0.6 is 0 Å². The van der Waals surface area contributed by atoms with Gasteiger partial charge in [0.15, 0.2) is 6.10 Å². The van der Waals surface area contributed by atoms with Crippen molar-refractivity contribution in [3.63, 3.8) is 0 Å². The Bertz CT molecular complexity index is 1710. The molecule has 0 aliphatic rings. The number of allylic oxidation sites excluding steroid dienone is 26. The second-order valence-electron chi connectivity index (χ2n) is 19.1. The van der Waals surface area contributed by atoms with Crippen molar-refractivity contribution in [2.45, 2.75) is 245 Å². The van der Waals surface area contributed by atoms with E-state index in [0.717, 1.165) is 173 Å². The van der Waals surface area contributed by atoms with Gasteiger partial charge in [-0.25, -0.2) is 0 Å². The number of esters is 3. The fourth-order valence-corrected chi connectivity index (χ4v) is 7.60. The van der Waals surface area contributed by atoms with E-state index >= 15 is 0 Å². The molecule has 1 unspecified atom stereocenters. The number of unbranched alkanes of at least 4 members (excludes halogenated alkanes) is 15. The van der Waals surface area contributed by atoms with Crippen LogP contribution in [0.1, 0.15) is 239 Å². The molecule has 6 heteroatoms. The monoisotopic (exact) mass is 1030 g/mol. The molecule has 0 radical (unpaired) electrons. The number of carbonyl (C=O) groups excluding carboxylic acids is 3. The summed E-state index contributed by atoms with van der Waals surface area (Å²) >= 11 is 0. The van der Waals surface area contributed by atoms with E-state index in [1.165, 1.54) is 25.7 Å². The molecule has 0 aromatic rings. The van der Waals surface area contributed by atoms with Gasteiger partial charge in [0.1, 0.15) is 13.2 Å². The average molecular weight is 1030 g/mol. The normalized spacial score (nSPS) is 13.3. The summed E-state index contributed by atoms with van der Waals surface area (Å²) in [5.41, 5.74) is 0. The highest BCUT2D eigenvalue weighted by atomic mass is 16.6. The Labute approximate surface area is 460 Å². The number of rotatable bonds is 52. The van der Waals surface area contributed by atoms with Crippen LogP contribution < -0.4 is 0 Å².